The fraction of sp³-hybridized carbons (Fsp3) is 0.200. The predicted octanol–water partition coefficient (Wildman–Crippen LogP) is 5.11. The number of piperidine rings is 1. The van der Waals surface area contributed by atoms with Gasteiger partial charge < -0.3 is 4.90 Å². The minimum Gasteiger partial charge on any atom is -0.348 e. The zero-order chi connectivity index (χ0) is 21.8. The average Bonchev–Trinajstić information content (AvgIpc) is 3.29. The molecule has 0 radical (unpaired) electrons. The largest absolute Gasteiger partial charge is 0.348 e. The first-order chi connectivity index (χ1) is 15.8. The van der Waals surface area contributed by atoms with Gasteiger partial charge in [0, 0.05) is 24.0 Å². The molecule has 0 saturated carbocycles. The molecule has 0 atom stereocenters. The number of aromatic nitrogens is 2. The number of nitrogens with zero attached hydrogens (tertiary/aromatic N) is 4. The van der Waals surface area contributed by atoms with Gasteiger partial charge in [-0.25, -0.2) is 15.4 Å². The fourth-order valence-corrected chi connectivity index (χ4v) is 4.84. The van der Waals surface area contributed by atoms with Crippen LogP contribution in [-0.2, 0) is 0 Å². The van der Waals surface area contributed by atoms with Crippen LogP contribution in [0.3, 0.4) is 0 Å². The number of pyridine rings is 1. The van der Waals surface area contributed by atoms with Gasteiger partial charge in [0.1, 0.15) is 5.69 Å². The summed E-state index contributed by atoms with van der Waals surface area (Å²) in [5, 5.41) is 6.23. The van der Waals surface area contributed by atoms with Crippen molar-refractivity contribution >= 4 is 39.5 Å². The number of hydrogen-bond donors (Lipinski definition) is 1. The highest BCUT2D eigenvalue weighted by Crippen LogP contribution is 2.33. The van der Waals surface area contributed by atoms with Gasteiger partial charge in [-0.05, 0) is 31.4 Å². The lowest BCUT2D eigenvalue weighted by atomic mass is 10.1. The molecule has 0 unspecified atom stereocenters. The minimum absolute atomic E-state index is 0.336. The van der Waals surface area contributed by atoms with E-state index >= 15 is 0 Å². The molecule has 3 heterocycles. The highest BCUT2D eigenvalue weighted by Gasteiger charge is 2.18. The number of benzene rings is 2. The lowest BCUT2D eigenvalue weighted by Crippen LogP contribution is -2.29. The number of hydrazone groups is 1. The summed E-state index contributed by atoms with van der Waals surface area (Å²) < 4.78 is 0. The van der Waals surface area contributed by atoms with E-state index in [2.05, 4.69) is 20.4 Å². The second-order valence-corrected chi connectivity index (χ2v) is 8.72. The highest BCUT2D eigenvalue weighted by atomic mass is 32.1. The quantitative estimate of drug-likeness (QED) is 0.345. The van der Waals surface area contributed by atoms with Crippen molar-refractivity contribution in [3.05, 3.63) is 77.3 Å². The summed E-state index contributed by atoms with van der Waals surface area (Å²) in [6.45, 7) is 2.06. The van der Waals surface area contributed by atoms with E-state index in [1.165, 1.54) is 19.3 Å². The van der Waals surface area contributed by atoms with Crippen molar-refractivity contribution in [2.45, 2.75) is 19.3 Å². The Morgan fingerprint density at radius 3 is 2.56 bits per heavy atom. The standard InChI is InChI=1S/C25H23N5OS/c31-24(21-14-13-18-9-5-6-12-20(18)27-21)29-26-17-22-23(19-10-3-1-4-11-19)28-25(32-22)30-15-7-2-8-16-30/h1,3-6,9-14,17H,2,7-8,15-16H2,(H,29,31)/b26-17+. The van der Waals surface area contributed by atoms with Gasteiger partial charge in [0.05, 0.1) is 22.3 Å². The van der Waals surface area contributed by atoms with Crippen LogP contribution in [0.15, 0.2) is 71.8 Å². The smallest absolute Gasteiger partial charge is 0.289 e. The predicted molar refractivity (Wildman–Crippen MR) is 130 cm³/mol. The molecule has 2 aromatic carbocycles. The van der Waals surface area contributed by atoms with Crippen LogP contribution in [0.25, 0.3) is 22.2 Å². The molecule has 0 spiro atoms. The number of rotatable bonds is 5. The van der Waals surface area contributed by atoms with Crippen molar-refractivity contribution < 1.29 is 4.79 Å². The number of nitrogens with one attached hydrogen (secondary N) is 1. The number of amides is 1. The normalized spacial score (nSPS) is 14.2. The van der Waals surface area contributed by atoms with E-state index in [0.29, 0.717) is 5.69 Å². The maximum atomic E-state index is 12.6. The van der Waals surface area contributed by atoms with E-state index in [4.69, 9.17) is 4.98 Å². The van der Waals surface area contributed by atoms with Gasteiger partial charge in [0.25, 0.3) is 5.91 Å². The van der Waals surface area contributed by atoms with Crippen LogP contribution in [0.2, 0.25) is 0 Å². The lowest BCUT2D eigenvalue weighted by molar-refractivity contribution is 0.0950. The van der Waals surface area contributed by atoms with Gasteiger partial charge in [0.15, 0.2) is 5.13 Å². The number of para-hydroxylation sites is 1. The molecular weight excluding hydrogens is 418 g/mol. The minimum atomic E-state index is -0.339. The van der Waals surface area contributed by atoms with Crippen molar-refractivity contribution in [3.63, 3.8) is 0 Å². The van der Waals surface area contributed by atoms with Crippen molar-refractivity contribution in [1.29, 1.82) is 0 Å². The number of carbonyl (C=O) groups excluding carboxylic acids is 1. The Balaban J connectivity index is 1.38. The van der Waals surface area contributed by atoms with Crippen molar-refractivity contribution in [2.75, 3.05) is 18.0 Å². The first-order valence-electron chi connectivity index (χ1n) is 10.8. The number of hydrogen-bond acceptors (Lipinski definition) is 6. The molecule has 2 aromatic heterocycles. The summed E-state index contributed by atoms with van der Waals surface area (Å²) in [5.41, 5.74) is 5.66. The van der Waals surface area contributed by atoms with Gasteiger partial charge in [-0.1, -0.05) is 65.9 Å². The number of thiazole rings is 1. The molecule has 1 aliphatic rings. The third kappa shape index (κ3) is 4.38. The zero-order valence-corrected chi connectivity index (χ0v) is 18.4. The molecule has 160 valence electrons. The molecule has 0 bridgehead atoms. The Labute approximate surface area is 190 Å². The fourth-order valence-electron chi connectivity index (χ4n) is 3.83. The Bertz CT molecular complexity index is 1260. The second-order valence-electron chi connectivity index (χ2n) is 7.71. The Morgan fingerprint density at radius 2 is 1.72 bits per heavy atom. The maximum Gasteiger partial charge on any atom is 0.289 e. The van der Waals surface area contributed by atoms with Crippen molar-refractivity contribution in [2.24, 2.45) is 5.10 Å². The van der Waals surface area contributed by atoms with E-state index in [0.717, 1.165) is 45.3 Å². The Kier molecular flexibility index (Phi) is 5.89. The van der Waals surface area contributed by atoms with Crippen molar-refractivity contribution in [1.82, 2.24) is 15.4 Å². The van der Waals surface area contributed by atoms with Crippen LogP contribution in [0, 0.1) is 0 Å². The van der Waals surface area contributed by atoms with Crippen LogP contribution >= 0.6 is 11.3 Å². The molecule has 7 heteroatoms. The van der Waals surface area contributed by atoms with Crippen LogP contribution in [0.1, 0.15) is 34.6 Å². The van der Waals surface area contributed by atoms with Gasteiger partial charge in [0.2, 0.25) is 0 Å². The first-order valence-corrected chi connectivity index (χ1v) is 11.6. The molecule has 1 N–H and O–H groups in total. The summed E-state index contributed by atoms with van der Waals surface area (Å²) in [6.07, 6.45) is 5.35. The van der Waals surface area contributed by atoms with E-state index in [1.807, 2.05) is 60.7 Å². The molecule has 32 heavy (non-hydrogen) atoms. The van der Waals surface area contributed by atoms with Gasteiger partial charge >= 0.3 is 0 Å². The zero-order valence-electron chi connectivity index (χ0n) is 17.6. The van der Waals surface area contributed by atoms with Crippen LogP contribution in [-0.4, -0.2) is 35.2 Å². The summed E-state index contributed by atoms with van der Waals surface area (Å²) in [6, 6.07) is 21.4. The molecule has 5 rings (SSSR count). The maximum absolute atomic E-state index is 12.6. The van der Waals surface area contributed by atoms with Gasteiger partial charge in [-0.2, -0.15) is 5.10 Å². The number of anilines is 1. The average molecular weight is 442 g/mol. The molecule has 1 aliphatic heterocycles. The molecule has 1 fully saturated rings. The van der Waals surface area contributed by atoms with Crippen LogP contribution < -0.4 is 10.3 Å². The second kappa shape index (κ2) is 9.28. The third-order valence-corrected chi connectivity index (χ3v) is 6.55. The number of fused-ring (bicyclic) bond motifs is 1. The van der Waals surface area contributed by atoms with Crippen molar-refractivity contribution in [3.8, 4) is 11.3 Å². The Hall–Kier alpha value is -3.58. The van der Waals surface area contributed by atoms with Crippen LogP contribution in [0.4, 0.5) is 5.13 Å². The molecule has 6 nitrogen and oxygen atoms in total. The monoisotopic (exact) mass is 441 g/mol. The summed E-state index contributed by atoms with van der Waals surface area (Å²) in [4.78, 5) is 25.2. The van der Waals surface area contributed by atoms with Crippen LogP contribution in [0.5, 0.6) is 0 Å². The van der Waals surface area contributed by atoms with E-state index in [1.54, 1.807) is 23.6 Å². The van der Waals surface area contributed by atoms with Gasteiger partial charge in [-0.15, -0.1) is 0 Å². The first kappa shape index (κ1) is 20.3. The SMILES string of the molecule is O=C(N/N=C/c1sc(N2CCCCC2)nc1-c1ccccc1)c1ccc2ccccc2n1. The lowest BCUT2D eigenvalue weighted by Gasteiger charge is -2.25. The molecule has 1 saturated heterocycles. The number of carbonyl (C=O) groups is 1. The van der Waals surface area contributed by atoms with E-state index in [9.17, 15) is 4.79 Å². The van der Waals surface area contributed by atoms with E-state index < -0.39 is 0 Å². The van der Waals surface area contributed by atoms with E-state index in [-0.39, 0.29) is 5.91 Å². The molecule has 0 aliphatic carbocycles. The topological polar surface area (TPSA) is 70.5 Å². The molecule has 4 aromatic rings. The van der Waals surface area contributed by atoms with Gasteiger partial charge in [-0.3, -0.25) is 4.79 Å². The summed E-state index contributed by atoms with van der Waals surface area (Å²) >= 11 is 1.61. The third-order valence-electron chi connectivity index (χ3n) is 5.49. The highest BCUT2D eigenvalue weighted by molar-refractivity contribution is 7.17. The molecular formula is C25H23N5OS. The Morgan fingerprint density at radius 1 is 0.938 bits per heavy atom. The summed E-state index contributed by atoms with van der Waals surface area (Å²) in [5.74, 6) is -0.339. The molecule has 1 amide bonds. The summed E-state index contributed by atoms with van der Waals surface area (Å²) in [7, 11) is 0.